The Morgan fingerprint density at radius 2 is 1.92 bits per heavy atom. The minimum atomic E-state index is -0.255. The van der Waals surface area contributed by atoms with Crippen LogP contribution < -0.4 is 0 Å². The first-order valence-corrected chi connectivity index (χ1v) is 10.2. The van der Waals surface area contributed by atoms with Gasteiger partial charge in [0.1, 0.15) is 0 Å². The van der Waals surface area contributed by atoms with Gasteiger partial charge in [0.05, 0.1) is 11.0 Å². The van der Waals surface area contributed by atoms with E-state index in [1.807, 2.05) is 26.6 Å². The molecule has 5 heteroatoms. The van der Waals surface area contributed by atoms with Crippen LogP contribution in [0.4, 0.5) is 0 Å². The summed E-state index contributed by atoms with van der Waals surface area (Å²) in [6.45, 7) is 4.96. The molecular weight excluding hydrogens is 344 g/mol. The van der Waals surface area contributed by atoms with Crippen LogP contribution in [-0.2, 0) is 11.3 Å². The molecule has 2 aliphatic heterocycles. The summed E-state index contributed by atoms with van der Waals surface area (Å²) in [6, 6.07) is 10.3. The fourth-order valence-electron chi connectivity index (χ4n) is 4.25. The van der Waals surface area contributed by atoms with Gasteiger partial charge in [0.25, 0.3) is 5.91 Å². The molecule has 2 fully saturated rings. The third kappa shape index (κ3) is 3.16. The van der Waals surface area contributed by atoms with Crippen molar-refractivity contribution >= 4 is 23.2 Å². The predicted molar refractivity (Wildman–Crippen MR) is 103 cm³/mol. The van der Waals surface area contributed by atoms with E-state index in [0.29, 0.717) is 19.6 Å². The zero-order valence-electron chi connectivity index (χ0n) is 15.1. The number of thiophene rings is 1. The highest BCUT2D eigenvalue weighted by Crippen LogP contribution is 2.42. The Hall–Kier alpha value is -2.14. The Kier molecular flexibility index (Phi) is 4.57. The van der Waals surface area contributed by atoms with Crippen LogP contribution in [0.3, 0.4) is 0 Å². The van der Waals surface area contributed by atoms with Crippen molar-refractivity contribution in [1.29, 1.82) is 0 Å². The van der Waals surface area contributed by atoms with E-state index in [2.05, 4.69) is 31.2 Å². The summed E-state index contributed by atoms with van der Waals surface area (Å²) in [5, 5.41) is 3.83. The van der Waals surface area contributed by atoms with E-state index in [1.54, 1.807) is 11.3 Å². The van der Waals surface area contributed by atoms with Crippen LogP contribution in [0, 0.1) is 12.3 Å². The molecule has 4 rings (SSSR count). The van der Waals surface area contributed by atoms with Crippen molar-refractivity contribution in [1.82, 2.24) is 9.80 Å². The van der Waals surface area contributed by atoms with Crippen molar-refractivity contribution in [3.05, 3.63) is 57.8 Å². The molecule has 0 aliphatic carbocycles. The van der Waals surface area contributed by atoms with Crippen LogP contribution >= 0.6 is 11.3 Å². The number of hydrogen-bond acceptors (Lipinski definition) is 3. The molecule has 0 saturated carbocycles. The minimum Gasteiger partial charge on any atom is -0.339 e. The summed E-state index contributed by atoms with van der Waals surface area (Å²) in [6.07, 6.45) is 2.48. The molecule has 0 atom stereocenters. The first-order valence-electron chi connectivity index (χ1n) is 9.24. The average molecular weight is 369 g/mol. The number of carbonyl (C=O) groups excluding carboxylic acids is 2. The molecule has 2 saturated heterocycles. The maximum Gasteiger partial charge on any atom is 0.254 e. The molecular formula is C21H24N2O2S. The molecule has 2 amide bonds. The lowest BCUT2D eigenvalue weighted by atomic mass is 9.77. The second-order valence-electron chi connectivity index (χ2n) is 7.55. The number of aryl methyl sites for hydroxylation is 1. The van der Waals surface area contributed by atoms with Crippen molar-refractivity contribution < 1.29 is 9.59 Å². The van der Waals surface area contributed by atoms with E-state index in [1.165, 1.54) is 11.1 Å². The molecule has 2 aromatic rings. The molecule has 2 aliphatic rings. The zero-order chi connectivity index (χ0) is 18.1. The first-order chi connectivity index (χ1) is 12.6. The summed E-state index contributed by atoms with van der Waals surface area (Å²) in [5.74, 6) is 0.379. The van der Waals surface area contributed by atoms with Crippen molar-refractivity contribution in [3.63, 3.8) is 0 Å². The van der Waals surface area contributed by atoms with E-state index in [9.17, 15) is 9.59 Å². The van der Waals surface area contributed by atoms with Crippen LogP contribution in [0.2, 0.25) is 0 Å². The summed E-state index contributed by atoms with van der Waals surface area (Å²) in [4.78, 5) is 29.5. The van der Waals surface area contributed by atoms with Gasteiger partial charge in [-0.3, -0.25) is 9.59 Å². The third-order valence-electron chi connectivity index (χ3n) is 5.83. The molecule has 0 N–H and O–H groups in total. The Morgan fingerprint density at radius 3 is 2.62 bits per heavy atom. The Morgan fingerprint density at radius 1 is 1.15 bits per heavy atom. The van der Waals surface area contributed by atoms with Gasteiger partial charge in [-0.25, -0.2) is 0 Å². The SMILES string of the molecule is Cc1cccc(CN2CCC3(CCN(C(=O)c4ccsc4)CC3)C2=O)c1. The molecule has 0 radical (unpaired) electrons. The number of nitrogens with zero attached hydrogens (tertiary/aromatic N) is 2. The quantitative estimate of drug-likeness (QED) is 0.829. The number of piperidine rings is 1. The Bertz CT molecular complexity index is 807. The normalized spacial score (nSPS) is 19.3. The smallest absolute Gasteiger partial charge is 0.254 e. The van der Waals surface area contributed by atoms with Gasteiger partial charge in [-0.15, -0.1) is 0 Å². The van der Waals surface area contributed by atoms with Gasteiger partial charge in [-0.2, -0.15) is 11.3 Å². The van der Waals surface area contributed by atoms with Crippen LogP contribution in [-0.4, -0.2) is 41.2 Å². The lowest BCUT2D eigenvalue weighted by molar-refractivity contribution is -0.138. The van der Waals surface area contributed by atoms with Crippen molar-refractivity contribution in [3.8, 4) is 0 Å². The number of hydrogen-bond donors (Lipinski definition) is 0. The highest BCUT2D eigenvalue weighted by molar-refractivity contribution is 7.08. The fraction of sp³-hybridized carbons (Fsp3) is 0.429. The van der Waals surface area contributed by atoms with Crippen LogP contribution in [0.15, 0.2) is 41.1 Å². The number of amides is 2. The molecule has 136 valence electrons. The van der Waals surface area contributed by atoms with Gasteiger partial charge in [-0.1, -0.05) is 29.8 Å². The maximum atomic E-state index is 13.1. The lowest BCUT2D eigenvalue weighted by Crippen LogP contribution is -2.46. The summed E-state index contributed by atoms with van der Waals surface area (Å²) in [7, 11) is 0. The van der Waals surface area contributed by atoms with Gasteiger partial charge in [0, 0.05) is 31.6 Å². The van der Waals surface area contributed by atoms with E-state index in [0.717, 1.165) is 31.4 Å². The largest absolute Gasteiger partial charge is 0.339 e. The fourth-order valence-corrected chi connectivity index (χ4v) is 4.87. The molecule has 1 aromatic carbocycles. The molecule has 1 aromatic heterocycles. The summed E-state index contributed by atoms with van der Waals surface area (Å²) < 4.78 is 0. The number of rotatable bonds is 3. The Labute approximate surface area is 158 Å². The minimum absolute atomic E-state index is 0.100. The molecule has 26 heavy (non-hydrogen) atoms. The molecule has 0 bridgehead atoms. The molecule has 0 unspecified atom stereocenters. The number of benzene rings is 1. The van der Waals surface area contributed by atoms with E-state index in [-0.39, 0.29) is 17.2 Å². The average Bonchev–Trinajstić information content (AvgIpc) is 3.27. The molecule has 4 nitrogen and oxygen atoms in total. The van der Waals surface area contributed by atoms with Crippen LogP contribution in [0.1, 0.15) is 40.7 Å². The number of carbonyl (C=O) groups is 2. The second-order valence-corrected chi connectivity index (χ2v) is 8.33. The standard InChI is InChI=1S/C21H24N2O2S/c1-16-3-2-4-17(13-16)14-23-11-8-21(20(23)25)6-9-22(10-7-21)19(24)18-5-12-26-15-18/h2-5,12-13,15H,6-11,14H2,1H3. The summed E-state index contributed by atoms with van der Waals surface area (Å²) in [5.41, 5.74) is 2.93. The van der Waals surface area contributed by atoms with E-state index in [4.69, 9.17) is 0 Å². The van der Waals surface area contributed by atoms with E-state index < -0.39 is 0 Å². The Balaban J connectivity index is 1.40. The van der Waals surface area contributed by atoms with Crippen molar-refractivity contribution in [2.45, 2.75) is 32.7 Å². The molecule has 3 heterocycles. The maximum absolute atomic E-state index is 13.1. The summed E-state index contributed by atoms with van der Waals surface area (Å²) >= 11 is 1.54. The van der Waals surface area contributed by atoms with Gasteiger partial charge in [-0.05, 0) is 43.2 Å². The first kappa shape index (κ1) is 17.3. The zero-order valence-corrected chi connectivity index (χ0v) is 15.9. The number of likely N-dealkylation sites (tertiary alicyclic amines) is 2. The van der Waals surface area contributed by atoms with Crippen LogP contribution in [0.5, 0.6) is 0 Å². The highest BCUT2D eigenvalue weighted by atomic mass is 32.1. The van der Waals surface area contributed by atoms with Crippen molar-refractivity contribution in [2.24, 2.45) is 5.41 Å². The molecule has 1 spiro atoms. The predicted octanol–water partition coefficient (Wildman–Crippen LogP) is 3.71. The van der Waals surface area contributed by atoms with Gasteiger partial charge >= 0.3 is 0 Å². The third-order valence-corrected chi connectivity index (χ3v) is 6.52. The van der Waals surface area contributed by atoms with Gasteiger partial charge in [0.2, 0.25) is 5.91 Å². The van der Waals surface area contributed by atoms with E-state index >= 15 is 0 Å². The monoisotopic (exact) mass is 368 g/mol. The highest BCUT2D eigenvalue weighted by Gasteiger charge is 2.48. The van der Waals surface area contributed by atoms with Gasteiger partial charge < -0.3 is 9.80 Å². The second kappa shape index (κ2) is 6.88. The van der Waals surface area contributed by atoms with Crippen molar-refractivity contribution in [2.75, 3.05) is 19.6 Å². The lowest BCUT2D eigenvalue weighted by Gasteiger charge is -2.38. The topological polar surface area (TPSA) is 40.6 Å². The van der Waals surface area contributed by atoms with Gasteiger partial charge in [0.15, 0.2) is 0 Å². The van der Waals surface area contributed by atoms with Crippen LogP contribution in [0.25, 0.3) is 0 Å².